The van der Waals surface area contributed by atoms with Crippen molar-refractivity contribution in [1.29, 1.82) is 0 Å². The highest BCUT2D eigenvalue weighted by molar-refractivity contribution is 7.22. The molecule has 8 heteroatoms. The van der Waals surface area contributed by atoms with Crippen LogP contribution in [-0.2, 0) is 6.54 Å². The zero-order chi connectivity index (χ0) is 21.9. The van der Waals surface area contributed by atoms with Gasteiger partial charge in [0.2, 0.25) is 0 Å². The maximum absolute atomic E-state index is 13.5. The average Bonchev–Trinajstić information content (AvgIpc) is 3.51. The first kappa shape index (κ1) is 19.9. The number of ether oxygens (including phenoxy) is 1. The Labute approximate surface area is 187 Å². The van der Waals surface area contributed by atoms with Crippen LogP contribution in [0.4, 0.5) is 5.13 Å². The summed E-state index contributed by atoms with van der Waals surface area (Å²) in [5.74, 6) is 0.861. The van der Waals surface area contributed by atoms with E-state index in [1.807, 2.05) is 66.7 Å². The van der Waals surface area contributed by atoms with Gasteiger partial charge < -0.3 is 9.26 Å². The van der Waals surface area contributed by atoms with Crippen molar-refractivity contribution < 1.29 is 14.1 Å². The molecule has 7 nitrogen and oxygen atoms in total. The smallest absolute Gasteiger partial charge is 0.282 e. The normalized spacial score (nSPS) is 10.9. The Morgan fingerprint density at radius 3 is 2.69 bits per heavy atom. The fraction of sp³-hybridized carbons (Fsp3) is 0.0833. The lowest BCUT2D eigenvalue weighted by Gasteiger charge is -2.18. The van der Waals surface area contributed by atoms with Crippen LogP contribution in [0.1, 0.15) is 16.2 Å². The molecule has 32 heavy (non-hydrogen) atoms. The largest absolute Gasteiger partial charge is 0.494 e. The molecular weight excluding hydrogens is 424 g/mol. The molecule has 0 unspecified atom stereocenters. The van der Waals surface area contributed by atoms with Crippen LogP contribution in [0.15, 0.2) is 83.5 Å². The number of aromatic nitrogens is 3. The number of carbonyl (C=O) groups excluding carboxylic acids is 1. The number of rotatable bonds is 6. The Balaban J connectivity index is 1.54. The summed E-state index contributed by atoms with van der Waals surface area (Å²) in [6, 6.07) is 22.5. The standard InChI is InChI=1S/C24H18N4O3S/c1-30-19-11-7-12-21-22(19)26-24(32-21)28(15-17-10-5-6-13-25-17)23(29)18-14-20(31-27-18)16-8-3-2-4-9-16/h2-14H,15H2,1H3. The predicted molar refractivity (Wildman–Crippen MR) is 123 cm³/mol. The van der Waals surface area contributed by atoms with Crippen molar-refractivity contribution in [3.8, 4) is 17.1 Å². The molecule has 0 saturated carbocycles. The highest BCUT2D eigenvalue weighted by atomic mass is 32.1. The lowest BCUT2D eigenvalue weighted by Crippen LogP contribution is -2.31. The van der Waals surface area contributed by atoms with E-state index in [0.29, 0.717) is 22.2 Å². The first-order valence-electron chi connectivity index (χ1n) is 9.90. The molecule has 3 aromatic heterocycles. The third-order valence-corrected chi connectivity index (χ3v) is 5.94. The Morgan fingerprint density at radius 2 is 1.91 bits per heavy atom. The Bertz CT molecular complexity index is 1370. The summed E-state index contributed by atoms with van der Waals surface area (Å²) in [6.45, 7) is 0.245. The molecule has 0 fully saturated rings. The number of fused-ring (bicyclic) bond motifs is 1. The highest BCUT2D eigenvalue weighted by Gasteiger charge is 2.26. The molecule has 158 valence electrons. The van der Waals surface area contributed by atoms with Gasteiger partial charge in [0, 0.05) is 17.8 Å². The number of benzene rings is 2. The van der Waals surface area contributed by atoms with E-state index >= 15 is 0 Å². The minimum Gasteiger partial charge on any atom is -0.494 e. The van der Waals surface area contributed by atoms with Crippen molar-refractivity contribution in [3.63, 3.8) is 0 Å². The Hall–Kier alpha value is -4.04. The van der Waals surface area contributed by atoms with Crippen molar-refractivity contribution >= 4 is 32.6 Å². The number of hydrogen-bond donors (Lipinski definition) is 0. The van der Waals surface area contributed by atoms with Gasteiger partial charge in [0.25, 0.3) is 5.91 Å². The molecule has 0 bridgehead atoms. The quantitative estimate of drug-likeness (QED) is 0.359. The zero-order valence-corrected chi connectivity index (χ0v) is 18.0. The molecule has 2 aromatic carbocycles. The Kier molecular flexibility index (Phi) is 5.35. The number of amides is 1. The van der Waals surface area contributed by atoms with Crippen LogP contribution in [0.5, 0.6) is 5.75 Å². The Morgan fingerprint density at radius 1 is 1.06 bits per heavy atom. The van der Waals surface area contributed by atoms with Crippen LogP contribution >= 0.6 is 11.3 Å². The SMILES string of the molecule is COc1cccc2sc(N(Cc3ccccn3)C(=O)c3cc(-c4ccccc4)on3)nc12. The number of anilines is 1. The lowest BCUT2D eigenvalue weighted by atomic mass is 10.1. The summed E-state index contributed by atoms with van der Waals surface area (Å²) in [5.41, 5.74) is 2.49. The van der Waals surface area contributed by atoms with E-state index in [0.717, 1.165) is 16.0 Å². The fourth-order valence-corrected chi connectivity index (χ4v) is 4.31. The van der Waals surface area contributed by atoms with E-state index in [9.17, 15) is 4.79 Å². The number of thiazole rings is 1. The van der Waals surface area contributed by atoms with Gasteiger partial charge in [-0.3, -0.25) is 14.7 Å². The zero-order valence-electron chi connectivity index (χ0n) is 17.1. The number of carbonyl (C=O) groups is 1. The topological polar surface area (TPSA) is 81.4 Å². The predicted octanol–water partition coefficient (Wildman–Crippen LogP) is 5.20. The van der Waals surface area contributed by atoms with Crippen molar-refractivity contribution in [2.75, 3.05) is 12.0 Å². The van der Waals surface area contributed by atoms with Gasteiger partial charge in [-0.15, -0.1) is 0 Å². The average molecular weight is 443 g/mol. The summed E-state index contributed by atoms with van der Waals surface area (Å²) in [5, 5.41) is 4.57. The molecule has 3 heterocycles. The van der Waals surface area contributed by atoms with Crippen LogP contribution in [-0.4, -0.2) is 28.1 Å². The van der Waals surface area contributed by atoms with E-state index < -0.39 is 0 Å². The molecule has 0 spiro atoms. The molecular formula is C24H18N4O3S. The molecule has 0 radical (unpaired) electrons. The maximum Gasteiger partial charge on any atom is 0.282 e. The second-order valence-corrected chi connectivity index (χ2v) is 7.97. The van der Waals surface area contributed by atoms with Gasteiger partial charge in [-0.05, 0) is 24.3 Å². The molecule has 5 rings (SSSR count). The summed E-state index contributed by atoms with van der Waals surface area (Å²) >= 11 is 1.41. The molecule has 0 aliphatic rings. The van der Waals surface area contributed by atoms with Crippen molar-refractivity contribution in [1.82, 2.24) is 15.1 Å². The van der Waals surface area contributed by atoms with Gasteiger partial charge in [-0.1, -0.05) is 59.0 Å². The number of para-hydroxylation sites is 1. The van der Waals surface area contributed by atoms with Gasteiger partial charge in [0.15, 0.2) is 16.6 Å². The van der Waals surface area contributed by atoms with Gasteiger partial charge in [0.05, 0.1) is 24.0 Å². The van der Waals surface area contributed by atoms with Crippen molar-refractivity contribution in [2.45, 2.75) is 6.54 Å². The number of nitrogens with zero attached hydrogens (tertiary/aromatic N) is 4. The van der Waals surface area contributed by atoms with E-state index in [-0.39, 0.29) is 18.1 Å². The molecule has 0 N–H and O–H groups in total. The number of methoxy groups -OCH3 is 1. The van der Waals surface area contributed by atoms with Crippen LogP contribution in [0, 0.1) is 0 Å². The minimum absolute atomic E-state index is 0.200. The second kappa shape index (κ2) is 8.60. The van der Waals surface area contributed by atoms with Gasteiger partial charge in [0.1, 0.15) is 11.3 Å². The first-order valence-corrected chi connectivity index (χ1v) is 10.7. The van der Waals surface area contributed by atoms with Crippen molar-refractivity contribution in [2.24, 2.45) is 0 Å². The van der Waals surface area contributed by atoms with E-state index in [1.54, 1.807) is 24.3 Å². The van der Waals surface area contributed by atoms with Gasteiger partial charge in [-0.2, -0.15) is 0 Å². The number of hydrogen-bond acceptors (Lipinski definition) is 7. The molecule has 1 amide bonds. The highest BCUT2D eigenvalue weighted by Crippen LogP contribution is 2.35. The fourth-order valence-electron chi connectivity index (χ4n) is 3.32. The van der Waals surface area contributed by atoms with Crippen LogP contribution in [0.3, 0.4) is 0 Å². The molecule has 0 aliphatic heterocycles. The van der Waals surface area contributed by atoms with Crippen molar-refractivity contribution in [3.05, 3.63) is 90.4 Å². The summed E-state index contributed by atoms with van der Waals surface area (Å²) < 4.78 is 11.8. The summed E-state index contributed by atoms with van der Waals surface area (Å²) in [6.07, 6.45) is 1.70. The third kappa shape index (κ3) is 3.83. The van der Waals surface area contributed by atoms with Gasteiger partial charge in [-0.25, -0.2) is 4.98 Å². The third-order valence-electron chi connectivity index (χ3n) is 4.90. The van der Waals surface area contributed by atoms with E-state index in [1.165, 1.54) is 11.3 Å². The second-order valence-electron chi connectivity index (χ2n) is 6.96. The molecule has 0 saturated heterocycles. The van der Waals surface area contributed by atoms with E-state index in [4.69, 9.17) is 14.2 Å². The van der Waals surface area contributed by atoms with E-state index in [2.05, 4.69) is 10.1 Å². The summed E-state index contributed by atoms with van der Waals surface area (Å²) in [4.78, 5) is 24.2. The molecule has 5 aromatic rings. The lowest BCUT2D eigenvalue weighted by molar-refractivity contribution is 0.0976. The minimum atomic E-state index is -0.320. The monoisotopic (exact) mass is 442 g/mol. The van der Waals surface area contributed by atoms with Crippen LogP contribution in [0.25, 0.3) is 21.5 Å². The van der Waals surface area contributed by atoms with Gasteiger partial charge >= 0.3 is 0 Å². The number of pyridine rings is 1. The van der Waals surface area contributed by atoms with Crippen LogP contribution < -0.4 is 9.64 Å². The summed E-state index contributed by atoms with van der Waals surface area (Å²) in [7, 11) is 1.60. The van der Waals surface area contributed by atoms with Crippen LogP contribution in [0.2, 0.25) is 0 Å². The maximum atomic E-state index is 13.5. The molecule has 0 aliphatic carbocycles. The first-order chi connectivity index (χ1) is 15.7. The molecule has 0 atom stereocenters.